The van der Waals surface area contributed by atoms with Crippen molar-refractivity contribution in [3.05, 3.63) is 36.1 Å². The van der Waals surface area contributed by atoms with Crippen LogP contribution in [-0.2, 0) is 0 Å². The minimum atomic E-state index is 0.202. The molecule has 2 heteroatoms. The maximum Gasteiger partial charge on any atom is 0.169 e. The van der Waals surface area contributed by atoms with Crippen LogP contribution in [-0.4, -0.2) is 5.78 Å². The van der Waals surface area contributed by atoms with E-state index in [-0.39, 0.29) is 11.7 Å². The smallest absolute Gasteiger partial charge is 0.169 e. The van der Waals surface area contributed by atoms with E-state index in [0.29, 0.717) is 0 Å². The Labute approximate surface area is 107 Å². The molecule has 0 saturated heterocycles. The van der Waals surface area contributed by atoms with Crippen molar-refractivity contribution in [3.63, 3.8) is 0 Å². The Morgan fingerprint density at radius 2 is 1.78 bits per heavy atom. The molecule has 1 aromatic carbocycles. The predicted molar refractivity (Wildman–Crippen MR) is 71.7 cm³/mol. The Balaban J connectivity index is 1.91. The van der Waals surface area contributed by atoms with E-state index in [2.05, 4.69) is 0 Å². The predicted octanol–water partition coefficient (Wildman–Crippen LogP) is 4.59. The largest absolute Gasteiger partial charge is 0.464 e. The third-order valence-corrected chi connectivity index (χ3v) is 3.97. The highest BCUT2D eigenvalue weighted by Gasteiger charge is 2.24. The highest BCUT2D eigenvalue weighted by molar-refractivity contribution is 6.08. The maximum absolute atomic E-state index is 12.6. The van der Waals surface area contributed by atoms with E-state index in [9.17, 15) is 4.79 Å². The highest BCUT2D eigenvalue weighted by atomic mass is 16.3. The van der Waals surface area contributed by atoms with Gasteiger partial charge < -0.3 is 4.42 Å². The van der Waals surface area contributed by atoms with Gasteiger partial charge in [0.1, 0.15) is 11.8 Å². The molecule has 0 amide bonds. The fourth-order valence-electron chi connectivity index (χ4n) is 2.93. The first kappa shape index (κ1) is 11.5. The fourth-order valence-corrected chi connectivity index (χ4v) is 2.93. The molecule has 1 fully saturated rings. The van der Waals surface area contributed by atoms with Crippen molar-refractivity contribution in [2.24, 2.45) is 5.92 Å². The Morgan fingerprint density at radius 1 is 1.06 bits per heavy atom. The molecule has 0 N–H and O–H groups in total. The number of fused-ring (bicyclic) bond motifs is 1. The number of furan rings is 1. The van der Waals surface area contributed by atoms with Crippen molar-refractivity contribution in [2.75, 3.05) is 0 Å². The number of Topliss-reactive ketones (excluding diaryl/α,β-unsaturated/α-hetero) is 1. The average molecular weight is 242 g/mol. The first-order valence-corrected chi connectivity index (χ1v) is 6.87. The summed E-state index contributed by atoms with van der Waals surface area (Å²) >= 11 is 0. The topological polar surface area (TPSA) is 30.2 Å². The molecule has 1 aliphatic carbocycles. The molecule has 2 aromatic rings. The normalized spacial score (nSPS) is 17.8. The van der Waals surface area contributed by atoms with Gasteiger partial charge in [-0.1, -0.05) is 43.9 Å². The molecule has 0 radical (unpaired) electrons. The molecule has 0 unspecified atom stereocenters. The van der Waals surface area contributed by atoms with Gasteiger partial charge in [0.2, 0.25) is 0 Å². The van der Waals surface area contributed by atoms with Gasteiger partial charge in [-0.05, 0) is 18.9 Å². The Hall–Kier alpha value is -1.57. The molecule has 1 heterocycles. The number of hydrogen-bond donors (Lipinski definition) is 0. The summed E-state index contributed by atoms with van der Waals surface area (Å²) in [5.74, 6) is 0.482. The van der Waals surface area contributed by atoms with Crippen molar-refractivity contribution in [1.82, 2.24) is 0 Å². The van der Waals surface area contributed by atoms with Crippen molar-refractivity contribution in [2.45, 2.75) is 38.5 Å². The summed E-state index contributed by atoms with van der Waals surface area (Å²) < 4.78 is 5.47. The third kappa shape index (κ3) is 2.07. The summed E-state index contributed by atoms with van der Waals surface area (Å²) in [5.41, 5.74) is 1.59. The second-order valence-electron chi connectivity index (χ2n) is 5.20. The van der Waals surface area contributed by atoms with E-state index in [1.165, 1.54) is 25.7 Å². The van der Waals surface area contributed by atoms with E-state index in [4.69, 9.17) is 4.42 Å². The van der Waals surface area contributed by atoms with Crippen molar-refractivity contribution in [1.29, 1.82) is 0 Å². The summed E-state index contributed by atoms with van der Waals surface area (Å²) in [5, 5.41) is 0.965. The molecule has 1 aromatic heterocycles. The summed E-state index contributed by atoms with van der Waals surface area (Å²) in [4.78, 5) is 12.6. The van der Waals surface area contributed by atoms with E-state index in [0.717, 1.165) is 29.4 Å². The third-order valence-electron chi connectivity index (χ3n) is 3.97. The molecule has 0 spiro atoms. The van der Waals surface area contributed by atoms with Crippen LogP contribution < -0.4 is 0 Å². The van der Waals surface area contributed by atoms with E-state index in [1.807, 2.05) is 24.3 Å². The van der Waals surface area contributed by atoms with Gasteiger partial charge in [-0.25, -0.2) is 0 Å². The molecular formula is C16H18O2. The molecule has 3 rings (SSSR count). The zero-order valence-corrected chi connectivity index (χ0v) is 10.5. The number of benzene rings is 1. The van der Waals surface area contributed by atoms with Gasteiger partial charge in [-0.15, -0.1) is 0 Å². The van der Waals surface area contributed by atoms with Crippen LogP contribution in [0.3, 0.4) is 0 Å². The zero-order valence-electron chi connectivity index (χ0n) is 10.5. The van der Waals surface area contributed by atoms with E-state index in [1.54, 1.807) is 6.26 Å². The Morgan fingerprint density at radius 3 is 2.56 bits per heavy atom. The monoisotopic (exact) mass is 242 g/mol. The molecule has 2 nitrogen and oxygen atoms in total. The van der Waals surface area contributed by atoms with Gasteiger partial charge in [-0.2, -0.15) is 0 Å². The summed E-state index contributed by atoms with van der Waals surface area (Å²) in [6.45, 7) is 0. The number of para-hydroxylation sites is 1. The van der Waals surface area contributed by atoms with E-state index >= 15 is 0 Å². The van der Waals surface area contributed by atoms with Gasteiger partial charge in [0.15, 0.2) is 5.78 Å². The number of rotatable bonds is 2. The van der Waals surface area contributed by atoms with Gasteiger partial charge in [0.25, 0.3) is 0 Å². The van der Waals surface area contributed by atoms with Crippen LogP contribution in [0, 0.1) is 5.92 Å². The van der Waals surface area contributed by atoms with Crippen LogP contribution in [0.4, 0.5) is 0 Å². The Kier molecular flexibility index (Phi) is 3.18. The average Bonchev–Trinajstić information content (AvgIpc) is 2.65. The molecule has 1 aliphatic rings. The summed E-state index contributed by atoms with van der Waals surface area (Å²) in [6.07, 6.45) is 8.64. The molecule has 94 valence electrons. The van der Waals surface area contributed by atoms with Crippen LogP contribution in [0.5, 0.6) is 0 Å². The second kappa shape index (κ2) is 4.97. The quantitative estimate of drug-likeness (QED) is 0.569. The van der Waals surface area contributed by atoms with Gasteiger partial charge >= 0.3 is 0 Å². The Bertz CT molecular complexity index is 545. The second-order valence-corrected chi connectivity index (χ2v) is 5.20. The maximum atomic E-state index is 12.6. The number of carbonyl (C=O) groups excluding carboxylic acids is 1. The standard InChI is InChI=1S/C16H18O2/c17-16(12-7-3-1-2-4-8-12)14-11-18-15-10-6-5-9-13(14)15/h5-6,9-12H,1-4,7-8H2. The minimum absolute atomic E-state index is 0.202. The van der Waals surface area contributed by atoms with Crippen LogP contribution in [0.25, 0.3) is 11.0 Å². The lowest BCUT2D eigenvalue weighted by Crippen LogP contribution is -2.13. The van der Waals surface area contributed by atoms with Crippen molar-refractivity contribution in [3.8, 4) is 0 Å². The van der Waals surface area contributed by atoms with Crippen molar-refractivity contribution < 1.29 is 9.21 Å². The van der Waals surface area contributed by atoms with Crippen LogP contribution in [0.1, 0.15) is 48.9 Å². The van der Waals surface area contributed by atoms with Crippen LogP contribution in [0.15, 0.2) is 34.9 Å². The zero-order chi connectivity index (χ0) is 12.4. The lowest BCUT2D eigenvalue weighted by atomic mass is 9.91. The van der Waals surface area contributed by atoms with Crippen LogP contribution in [0.2, 0.25) is 0 Å². The van der Waals surface area contributed by atoms with Gasteiger partial charge in [0, 0.05) is 11.3 Å². The molecule has 18 heavy (non-hydrogen) atoms. The lowest BCUT2D eigenvalue weighted by molar-refractivity contribution is 0.0908. The fraction of sp³-hybridized carbons (Fsp3) is 0.438. The first-order chi connectivity index (χ1) is 8.86. The molecule has 0 aliphatic heterocycles. The summed E-state index contributed by atoms with van der Waals surface area (Å²) in [6, 6.07) is 7.79. The van der Waals surface area contributed by atoms with Crippen molar-refractivity contribution >= 4 is 16.8 Å². The number of hydrogen-bond acceptors (Lipinski definition) is 2. The SMILES string of the molecule is O=C(c1coc2ccccc12)C1CCCCCC1. The molecule has 1 saturated carbocycles. The first-order valence-electron chi connectivity index (χ1n) is 6.87. The lowest BCUT2D eigenvalue weighted by Gasteiger charge is -2.11. The highest BCUT2D eigenvalue weighted by Crippen LogP contribution is 2.29. The number of ketones is 1. The van der Waals surface area contributed by atoms with Crippen LogP contribution >= 0.6 is 0 Å². The minimum Gasteiger partial charge on any atom is -0.464 e. The number of carbonyl (C=O) groups is 1. The van der Waals surface area contributed by atoms with E-state index < -0.39 is 0 Å². The molecule has 0 atom stereocenters. The molecular weight excluding hydrogens is 224 g/mol. The summed E-state index contributed by atoms with van der Waals surface area (Å²) in [7, 11) is 0. The van der Waals surface area contributed by atoms with Gasteiger partial charge in [0.05, 0.1) is 5.56 Å². The van der Waals surface area contributed by atoms with Gasteiger partial charge in [-0.3, -0.25) is 4.79 Å². The molecule has 0 bridgehead atoms.